The van der Waals surface area contributed by atoms with Gasteiger partial charge in [0.25, 0.3) is 0 Å². The van der Waals surface area contributed by atoms with Crippen molar-refractivity contribution in [3.8, 4) is 0 Å². The Morgan fingerprint density at radius 3 is 2.65 bits per heavy atom. The molecule has 0 unspecified atom stereocenters. The fraction of sp³-hybridized carbons (Fsp3) is 0.692. The van der Waals surface area contributed by atoms with Gasteiger partial charge in [0.15, 0.2) is 0 Å². The number of nitrogens with one attached hydrogen (secondary N) is 1. The van der Waals surface area contributed by atoms with Gasteiger partial charge < -0.3 is 10.2 Å². The molecule has 0 amide bonds. The van der Waals surface area contributed by atoms with Gasteiger partial charge in [-0.1, -0.05) is 12.8 Å². The van der Waals surface area contributed by atoms with E-state index < -0.39 is 0 Å². The monoisotopic (exact) mass is 234 g/mol. The first-order chi connectivity index (χ1) is 8.16. The number of rotatable bonds is 4. The van der Waals surface area contributed by atoms with Crippen LogP contribution in [-0.2, 0) is 0 Å². The van der Waals surface area contributed by atoms with Crippen LogP contribution in [0.1, 0.15) is 39.5 Å². The maximum absolute atomic E-state index is 4.37. The third-order valence-corrected chi connectivity index (χ3v) is 3.32. The zero-order valence-electron chi connectivity index (χ0n) is 11.0. The number of aromatic nitrogens is 2. The van der Waals surface area contributed by atoms with Crippen molar-refractivity contribution in [2.24, 2.45) is 0 Å². The summed E-state index contributed by atoms with van der Waals surface area (Å²) in [5.74, 6) is 1.94. The first kappa shape index (κ1) is 12.1. The molecule has 2 rings (SSSR count). The summed E-state index contributed by atoms with van der Waals surface area (Å²) in [6.45, 7) is 4.23. The molecule has 17 heavy (non-hydrogen) atoms. The maximum Gasteiger partial charge on any atom is 0.134 e. The molecule has 0 aromatic carbocycles. The molecular weight excluding hydrogens is 212 g/mol. The third-order valence-electron chi connectivity index (χ3n) is 3.32. The highest BCUT2D eigenvalue weighted by Gasteiger charge is 2.20. The van der Waals surface area contributed by atoms with E-state index >= 15 is 0 Å². The lowest BCUT2D eigenvalue weighted by Crippen LogP contribution is -2.29. The second kappa shape index (κ2) is 5.34. The van der Waals surface area contributed by atoms with Crippen molar-refractivity contribution in [3.05, 3.63) is 12.4 Å². The number of nitrogens with zero attached hydrogens (tertiary/aromatic N) is 3. The van der Waals surface area contributed by atoms with E-state index in [9.17, 15) is 0 Å². The Kier molecular flexibility index (Phi) is 3.82. The molecule has 1 fully saturated rings. The van der Waals surface area contributed by atoms with Gasteiger partial charge in [0, 0.05) is 25.2 Å². The van der Waals surface area contributed by atoms with Crippen LogP contribution < -0.4 is 10.2 Å². The Balaban J connectivity index is 2.09. The van der Waals surface area contributed by atoms with Crippen molar-refractivity contribution in [1.29, 1.82) is 0 Å². The number of hydrogen-bond donors (Lipinski definition) is 1. The van der Waals surface area contributed by atoms with Gasteiger partial charge >= 0.3 is 0 Å². The number of anilines is 2. The second-order valence-corrected chi connectivity index (χ2v) is 5.11. The van der Waals surface area contributed by atoms with E-state index in [2.05, 4.69) is 41.1 Å². The summed E-state index contributed by atoms with van der Waals surface area (Å²) < 4.78 is 0. The molecule has 0 radical (unpaired) electrons. The summed E-state index contributed by atoms with van der Waals surface area (Å²) in [6, 6.07) is 3.09. The molecule has 1 aromatic rings. The van der Waals surface area contributed by atoms with Gasteiger partial charge in [-0.3, -0.25) is 0 Å². The molecule has 1 aliphatic carbocycles. The van der Waals surface area contributed by atoms with Gasteiger partial charge in [-0.05, 0) is 26.7 Å². The maximum atomic E-state index is 4.37. The van der Waals surface area contributed by atoms with E-state index in [0.29, 0.717) is 12.1 Å². The van der Waals surface area contributed by atoms with Crippen LogP contribution in [0, 0.1) is 0 Å². The van der Waals surface area contributed by atoms with Gasteiger partial charge in [0.1, 0.15) is 18.0 Å². The van der Waals surface area contributed by atoms with E-state index in [4.69, 9.17) is 0 Å². The molecule has 0 spiro atoms. The smallest absolute Gasteiger partial charge is 0.134 e. The topological polar surface area (TPSA) is 41.0 Å². The highest BCUT2D eigenvalue weighted by atomic mass is 15.2. The zero-order valence-corrected chi connectivity index (χ0v) is 11.0. The van der Waals surface area contributed by atoms with E-state index in [1.807, 2.05) is 6.07 Å². The molecule has 1 aliphatic rings. The molecule has 4 nitrogen and oxygen atoms in total. The lowest BCUT2D eigenvalue weighted by molar-refractivity contribution is 0.645. The lowest BCUT2D eigenvalue weighted by Gasteiger charge is -2.25. The Morgan fingerprint density at radius 2 is 2.00 bits per heavy atom. The van der Waals surface area contributed by atoms with Crippen molar-refractivity contribution >= 4 is 11.6 Å². The minimum Gasteiger partial charge on any atom is -0.368 e. The molecule has 1 heterocycles. The first-order valence-corrected chi connectivity index (χ1v) is 6.48. The average Bonchev–Trinajstić information content (AvgIpc) is 2.81. The summed E-state index contributed by atoms with van der Waals surface area (Å²) in [4.78, 5) is 10.9. The fourth-order valence-electron chi connectivity index (χ4n) is 2.39. The third kappa shape index (κ3) is 3.08. The van der Waals surface area contributed by atoms with E-state index in [1.54, 1.807) is 6.33 Å². The summed E-state index contributed by atoms with van der Waals surface area (Å²) >= 11 is 0. The fourth-order valence-corrected chi connectivity index (χ4v) is 2.39. The highest BCUT2D eigenvalue weighted by Crippen LogP contribution is 2.26. The molecule has 1 aromatic heterocycles. The Hall–Kier alpha value is -1.32. The minimum absolute atomic E-state index is 0.398. The molecular formula is C13H22N4. The Morgan fingerprint density at radius 1 is 1.29 bits per heavy atom. The lowest BCUT2D eigenvalue weighted by atomic mass is 10.2. The van der Waals surface area contributed by atoms with E-state index in [-0.39, 0.29) is 0 Å². The van der Waals surface area contributed by atoms with Gasteiger partial charge in [-0.25, -0.2) is 9.97 Å². The molecule has 0 atom stereocenters. The largest absolute Gasteiger partial charge is 0.368 e. The normalized spacial score (nSPS) is 16.5. The molecule has 0 aliphatic heterocycles. The quantitative estimate of drug-likeness (QED) is 0.869. The van der Waals surface area contributed by atoms with Crippen molar-refractivity contribution in [2.75, 3.05) is 17.3 Å². The van der Waals surface area contributed by atoms with Crippen LogP contribution in [0.4, 0.5) is 11.6 Å². The summed E-state index contributed by atoms with van der Waals surface area (Å²) in [6.07, 6.45) is 6.90. The van der Waals surface area contributed by atoms with Crippen molar-refractivity contribution in [1.82, 2.24) is 9.97 Å². The molecule has 0 saturated heterocycles. The number of hydrogen-bond acceptors (Lipinski definition) is 4. The van der Waals surface area contributed by atoms with Gasteiger partial charge in [-0.2, -0.15) is 0 Å². The zero-order chi connectivity index (χ0) is 12.3. The van der Waals surface area contributed by atoms with Crippen LogP contribution in [0.3, 0.4) is 0 Å². The molecule has 1 N–H and O–H groups in total. The van der Waals surface area contributed by atoms with E-state index in [0.717, 1.165) is 11.6 Å². The molecule has 1 saturated carbocycles. The van der Waals surface area contributed by atoms with Gasteiger partial charge in [0.05, 0.1) is 0 Å². The van der Waals surface area contributed by atoms with Crippen LogP contribution in [0.25, 0.3) is 0 Å². The Labute approximate surface area is 103 Å². The first-order valence-electron chi connectivity index (χ1n) is 6.48. The predicted octanol–water partition coefficient (Wildman–Crippen LogP) is 2.68. The molecule has 4 heteroatoms. The van der Waals surface area contributed by atoms with Crippen molar-refractivity contribution in [3.63, 3.8) is 0 Å². The minimum atomic E-state index is 0.398. The van der Waals surface area contributed by atoms with Crippen molar-refractivity contribution in [2.45, 2.75) is 51.6 Å². The standard InChI is InChI=1S/C13H22N4/c1-10(2)16-12-8-13(15-9-14-12)17(3)11-6-4-5-7-11/h8-11H,4-7H2,1-3H3,(H,14,15,16). The second-order valence-electron chi connectivity index (χ2n) is 5.11. The van der Waals surface area contributed by atoms with Crippen LogP contribution in [0.15, 0.2) is 12.4 Å². The van der Waals surface area contributed by atoms with Gasteiger partial charge in [-0.15, -0.1) is 0 Å². The predicted molar refractivity (Wildman–Crippen MR) is 71.4 cm³/mol. The highest BCUT2D eigenvalue weighted by molar-refractivity contribution is 5.49. The van der Waals surface area contributed by atoms with Crippen LogP contribution in [0.5, 0.6) is 0 Å². The molecule has 94 valence electrons. The summed E-state index contributed by atoms with van der Waals surface area (Å²) in [5.41, 5.74) is 0. The van der Waals surface area contributed by atoms with Gasteiger partial charge in [0.2, 0.25) is 0 Å². The van der Waals surface area contributed by atoms with Crippen LogP contribution in [0.2, 0.25) is 0 Å². The van der Waals surface area contributed by atoms with Crippen LogP contribution in [-0.4, -0.2) is 29.1 Å². The summed E-state index contributed by atoms with van der Waals surface area (Å²) in [7, 11) is 2.14. The Bertz CT molecular complexity index is 358. The van der Waals surface area contributed by atoms with Crippen LogP contribution >= 0.6 is 0 Å². The SMILES string of the molecule is CC(C)Nc1cc(N(C)C2CCCC2)ncn1. The van der Waals surface area contributed by atoms with Crippen molar-refractivity contribution < 1.29 is 0 Å². The van der Waals surface area contributed by atoms with E-state index in [1.165, 1.54) is 25.7 Å². The molecule has 0 bridgehead atoms. The summed E-state index contributed by atoms with van der Waals surface area (Å²) in [5, 5.41) is 3.31. The average molecular weight is 234 g/mol.